The van der Waals surface area contributed by atoms with E-state index in [9.17, 15) is 13.2 Å². The van der Waals surface area contributed by atoms with Crippen molar-refractivity contribution in [1.82, 2.24) is 0 Å². The Hall–Kier alpha value is -1.81. The van der Waals surface area contributed by atoms with Crippen LogP contribution in [-0.2, 0) is 11.9 Å². The average molecular weight is 307 g/mol. The highest BCUT2D eigenvalue weighted by atomic mass is 32.2. The van der Waals surface area contributed by atoms with E-state index < -0.39 is 16.0 Å². The van der Waals surface area contributed by atoms with Crippen LogP contribution in [0.1, 0.15) is 12.5 Å². The van der Waals surface area contributed by atoms with Gasteiger partial charge in [-0.05, 0) is 30.2 Å². The van der Waals surface area contributed by atoms with E-state index in [1.807, 2.05) is 19.1 Å². The molecule has 1 aromatic heterocycles. The van der Waals surface area contributed by atoms with Crippen molar-refractivity contribution in [2.75, 3.05) is 0 Å². The first-order chi connectivity index (χ1) is 10.0. The first-order valence-corrected chi connectivity index (χ1v) is 7.95. The van der Waals surface area contributed by atoms with E-state index in [4.69, 9.17) is 0 Å². The number of thiophene rings is 1. The van der Waals surface area contributed by atoms with Gasteiger partial charge in [0.25, 0.3) is 0 Å². The molecule has 0 aliphatic carbocycles. The number of rotatable bonds is 2. The molecule has 0 spiro atoms. The lowest BCUT2D eigenvalue weighted by Gasteiger charge is -2.05. The molecule has 2 aromatic carbocycles. The third-order valence-electron chi connectivity index (χ3n) is 3.54. The van der Waals surface area contributed by atoms with Crippen LogP contribution >= 0.6 is 10.5 Å². The Labute approximate surface area is 123 Å². The summed E-state index contributed by atoms with van der Waals surface area (Å²) >= 11 is 0. The Morgan fingerprint density at radius 3 is 2.33 bits per heavy atom. The highest BCUT2D eigenvalue weighted by molar-refractivity contribution is 7.41. The van der Waals surface area contributed by atoms with Gasteiger partial charge in [0, 0.05) is 17.0 Å². The first kappa shape index (κ1) is 14.1. The Kier molecular flexibility index (Phi) is 3.49. The van der Waals surface area contributed by atoms with Crippen LogP contribution in [0.25, 0.3) is 20.5 Å². The normalized spacial score (nSPS) is 12.9. The van der Waals surface area contributed by atoms with Crippen molar-refractivity contribution in [1.29, 1.82) is 0 Å². The minimum Gasteiger partial charge on any atom is -0.118 e. The van der Waals surface area contributed by atoms with Crippen LogP contribution in [-0.4, -0.2) is 0 Å². The first-order valence-electron chi connectivity index (χ1n) is 6.72. The maximum atomic E-state index is 13.6. The molecule has 0 radical (unpaired) electrons. The fourth-order valence-electron chi connectivity index (χ4n) is 2.61. The van der Waals surface area contributed by atoms with Gasteiger partial charge in [0.15, 0.2) is 9.58 Å². The van der Waals surface area contributed by atoms with E-state index in [0.717, 1.165) is 17.5 Å². The maximum Gasteiger partial charge on any atom is 0.601 e. The zero-order chi connectivity index (χ0) is 15.0. The van der Waals surface area contributed by atoms with Crippen molar-refractivity contribution < 1.29 is 13.2 Å². The number of halogens is 3. The van der Waals surface area contributed by atoms with Gasteiger partial charge in [-0.25, -0.2) is 0 Å². The summed E-state index contributed by atoms with van der Waals surface area (Å²) < 4.78 is 41.1. The van der Waals surface area contributed by atoms with Gasteiger partial charge < -0.3 is 0 Å². The molecule has 21 heavy (non-hydrogen) atoms. The van der Waals surface area contributed by atoms with Crippen LogP contribution in [0.2, 0.25) is 0 Å². The summed E-state index contributed by atoms with van der Waals surface area (Å²) in [4.78, 5) is 0.390. The number of fused-ring (bicyclic) bond motifs is 1. The summed E-state index contributed by atoms with van der Waals surface area (Å²) in [5.74, 6) is 0. The largest absolute Gasteiger partial charge is 0.601 e. The SMILES string of the molecule is CCc1ccccc1-c1cc2ccccc2[s+]1C(F)(F)F. The summed E-state index contributed by atoms with van der Waals surface area (Å²) in [5, 5.41) is 0.680. The highest BCUT2D eigenvalue weighted by Gasteiger charge is 2.48. The Morgan fingerprint density at radius 2 is 1.62 bits per heavy atom. The minimum atomic E-state index is -4.25. The molecule has 1 atom stereocenters. The predicted molar refractivity (Wildman–Crippen MR) is 82.5 cm³/mol. The van der Waals surface area contributed by atoms with Crippen molar-refractivity contribution in [3.63, 3.8) is 0 Å². The molecule has 0 bridgehead atoms. The Bertz CT molecular complexity index is 784. The molecule has 0 saturated heterocycles. The fourth-order valence-corrected chi connectivity index (χ4v) is 4.59. The van der Waals surface area contributed by atoms with Crippen LogP contribution in [0.3, 0.4) is 0 Å². The molecule has 0 fully saturated rings. The number of alkyl halides is 3. The van der Waals surface area contributed by atoms with Crippen molar-refractivity contribution >= 4 is 20.6 Å². The monoisotopic (exact) mass is 307 g/mol. The second kappa shape index (κ2) is 5.19. The molecule has 0 amide bonds. The van der Waals surface area contributed by atoms with E-state index in [1.54, 1.807) is 42.5 Å². The topological polar surface area (TPSA) is 0 Å². The second-order valence-electron chi connectivity index (χ2n) is 4.81. The molecular formula is C17H14F3S+. The van der Waals surface area contributed by atoms with Crippen molar-refractivity contribution in [2.45, 2.75) is 18.9 Å². The average Bonchev–Trinajstić information content (AvgIpc) is 2.86. The van der Waals surface area contributed by atoms with Gasteiger partial charge in [0.05, 0.1) is 0 Å². The predicted octanol–water partition coefficient (Wildman–Crippen LogP) is 6.29. The van der Waals surface area contributed by atoms with Gasteiger partial charge >= 0.3 is 5.51 Å². The van der Waals surface area contributed by atoms with Crippen molar-refractivity contribution in [3.8, 4) is 10.4 Å². The maximum absolute atomic E-state index is 13.6. The van der Waals surface area contributed by atoms with E-state index >= 15 is 0 Å². The van der Waals surface area contributed by atoms with Crippen molar-refractivity contribution in [3.05, 3.63) is 60.2 Å². The van der Waals surface area contributed by atoms with Gasteiger partial charge in [-0.2, -0.15) is 0 Å². The lowest BCUT2D eigenvalue weighted by atomic mass is 10.0. The van der Waals surface area contributed by atoms with E-state index in [-0.39, 0.29) is 0 Å². The third kappa shape index (κ3) is 2.44. The van der Waals surface area contributed by atoms with Crippen LogP contribution < -0.4 is 0 Å². The highest BCUT2D eigenvalue weighted by Crippen LogP contribution is 2.54. The lowest BCUT2D eigenvalue weighted by Crippen LogP contribution is -1.97. The minimum absolute atomic E-state index is 0.380. The molecule has 3 aromatic rings. The molecule has 3 rings (SSSR count). The smallest absolute Gasteiger partial charge is 0.118 e. The zero-order valence-electron chi connectivity index (χ0n) is 11.4. The molecule has 0 nitrogen and oxygen atoms in total. The lowest BCUT2D eigenvalue weighted by molar-refractivity contribution is -0.0864. The third-order valence-corrected chi connectivity index (χ3v) is 5.59. The summed E-state index contributed by atoms with van der Waals surface area (Å²) in [6.07, 6.45) is 0.721. The van der Waals surface area contributed by atoms with Crippen molar-refractivity contribution in [2.24, 2.45) is 0 Å². The Balaban J connectivity index is 2.37. The molecule has 0 saturated carbocycles. The van der Waals surface area contributed by atoms with Crippen LogP contribution in [0, 0.1) is 0 Å². The zero-order valence-corrected chi connectivity index (χ0v) is 12.3. The second-order valence-corrected chi connectivity index (χ2v) is 6.76. The molecule has 108 valence electrons. The summed E-state index contributed by atoms with van der Waals surface area (Å²) in [5.41, 5.74) is -2.57. The fraction of sp³-hybridized carbons (Fsp3) is 0.176. The van der Waals surface area contributed by atoms with Crippen LogP contribution in [0.5, 0.6) is 0 Å². The van der Waals surface area contributed by atoms with Gasteiger partial charge in [-0.15, -0.1) is 13.2 Å². The summed E-state index contributed by atoms with van der Waals surface area (Å²) in [7, 11) is -1.86. The molecule has 4 heteroatoms. The van der Waals surface area contributed by atoms with Crippen LogP contribution in [0.15, 0.2) is 54.6 Å². The van der Waals surface area contributed by atoms with Gasteiger partial charge in [0.1, 0.15) is 10.5 Å². The Morgan fingerprint density at radius 1 is 0.952 bits per heavy atom. The summed E-state index contributed by atoms with van der Waals surface area (Å²) in [6, 6.07) is 15.9. The molecule has 0 aliphatic heterocycles. The van der Waals surface area contributed by atoms with Gasteiger partial charge in [0.2, 0.25) is 0 Å². The quantitative estimate of drug-likeness (QED) is 0.488. The molecule has 1 heterocycles. The number of benzene rings is 2. The standard InChI is InChI=1S/C17H14F3S/c1-2-12-7-3-5-9-14(12)16-11-13-8-4-6-10-15(13)21(16)17(18,19)20/h3-11H,2H2,1H3/q+1. The number of hydrogen-bond donors (Lipinski definition) is 0. The van der Waals surface area contributed by atoms with E-state index in [2.05, 4.69) is 0 Å². The molecule has 0 aliphatic rings. The number of hydrogen-bond acceptors (Lipinski definition) is 0. The molecular weight excluding hydrogens is 293 g/mol. The van der Waals surface area contributed by atoms with Crippen LogP contribution in [0.4, 0.5) is 13.2 Å². The van der Waals surface area contributed by atoms with Gasteiger partial charge in [-0.3, -0.25) is 0 Å². The molecule has 0 N–H and O–H groups in total. The van der Waals surface area contributed by atoms with E-state index in [1.165, 1.54) is 0 Å². The molecule has 1 unspecified atom stereocenters. The van der Waals surface area contributed by atoms with E-state index in [0.29, 0.717) is 15.0 Å². The number of aryl methyl sites for hydroxylation is 1. The summed E-state index contributed by atoms with van der Waals surface area (Å²) in [6.45, 7) is 1.97. The van der Waals surface area contributed by atoms with Gasteiger partial charge in [-0.1, -0.05) is 37.3 Å².